The monoisotopic (exact) mass is 441 g/mol. The standard InChI is InChI=1S/C22H25N5O3S.H2/c28-19(13-3-4-13)27-22-18(21(30)25-10-12-1-2-12)15-9-14(5-6-16(15)31-22)20(29)26-17-11-23-7-8-24-17;/h7-8,11-14H,1-6,9-10H2,(H,25,30)(H,27,28)(H,24,26,29);1H. The first-order valence-electron chi connectivity index (χ1n) is 10.9. The summed E-state index contributed by atoms with van der Waals surface area (Å²) in [7, 11) is 0. The zero-order valence-electron chi connectivity index (χ0n) is 17.1. The number of rotatable bonds is 7. The van der Waals surface area contributed by atoms with Gasteiger partial charge in [-0.2, -0.15) is 0 Å². The van der Waals surface area contributed by atoms with Crippen molar-refractivity contribution < 1.29 is 15.8 Å². The van der Waals surface area contributed by atoms with Gasteiger partial charge in [0.2, 0.25) is 11.8 Å². The molecule has 0 spiro atoms. The van der Waals surface area contributed by atoms with E-state index in [1.165, 1.54) is 23.7 Å². The highest BCUT2D eigenvalue weighted by atomic mass is 32.1. The van der Waals surface area contributed by atoms with Gasteiger partial charge in [0.05, 0.1) is 11.8 Å². The van der Waals surface area contributed by atoms with Crippen LogP contribution in [-0.2, 0) is 22.4 Å². The second kappa shape index (κ2) is 8.37. The average Bonchev–Trinajstić information content (AvgIpc) is 3.68. The summed E-state index contributed by atoms with van der Waals surface area (Å²) in [5.41, 5.74) is 1.45. The summed E-state index contributed by atoms with van der Waals surface area (Å²) in [4.78, 5) is 47.5. The summed E-state index contributed by atoms with van der Waals surface area (Å²) in [6, 6.07) is 0. The number of thiophene rings is 1. The van der Waals surface area contributed by atoms with Crippen molar-refractivity contribution in [2.24, 2.45) is 17.8 Å². The predicted molar refractivity (Wildman–Crippen MR) is 119 cm³/mol. The molecule has 5 rings (SSSR count). The van der Waals surface area contributed by atoms with Crippen LogP contribution in [0, 0.1) is 17.8 Å². The predicted octanol–water partition coefficient (Wildman–Crippen LogP) is 3.02. The summed E-state index contributed by atoms with van der Waals surface area (Å²) in [5.74, 6) is 0.512. The van der Waals surface area contributed by atoms with E-state index < -0.39 is 0 Å². The molecule has 2 aromatic rings. The molecular weight excluding hydrogens is 414 g/mol. The third kappa shape index (κ3) is 4.61. The molecule has 2 aromatic heterocycles. The van der Waals surface area contributed by atoms with Crippen LogP contribution < -0.4 is 16.0 Å². The van der Waals surface area contributed by atoms with Crippen molar-refractivity contribution in [1.29, 1.82) is 0 Å². The van der Waals surface area contributed by atoms with Crippen LogP contribution in [0.3, 0.4) is 0 Å². The average molecular weight is 442 g/mol. The van der Waals surface area contributed by atoms with Crippen LogP contribution in [0.5, 0.6) is 0 Å². The lowest BCUT2D eigenvalue weighted by Crippen LogP contribution is -2.31. The summed E-state index contributed by atoms with van der Waals surface area (Å²) >= 11 is 1.48. The first-order valence-corrected chi connectivity index (χ1v) is 11.7. The molecule has 3 N–H and O–H groups in total. The first kappa shape index (κ1) is 20.1. The van der Waals surface area contributed by atoms with Crippen LogP contribution in [0.1, 0.15) is 54.3 Å². The highest BCUT2D eigenvalue weighted by Gasteiger charge is 2.35. The zero-order valence-corrected chi connectivity index (χ0v) is 18.0. The lowest BCUT2D eigenvalue weighted by atomic mass is 9.85. The number of carbonyl (C=O) groups excluding carboxylic acids is 3. The topological polar surface area (TPSA) is 113 Å². The van der Waals surface area contributed by atoms with Crippen LogP contribution in [0.15, 0.2) is 18.6 Å². The Kier molecular flexibility index (Phi) is 5.43. The molecule has 0 radical (unpaired) electrons. The van der Waals surface area contributed by atoms with Gasteiger partial charge >= 0.3 is 0 Å². The SMILES string of the molecule is O=C(NCC1CC1)c1c(NC(=O)C2CC2)sc2c1CC(C(=O)Nc1cnccn1)CC2.[HH]. The maximum atomic E-state index is 13.1. The second-order valence-corrected chi connectivity index (χ2v) is 9.75. The molecule has 0 saturated heterocycles. The summed E-state index contributed by atoms with van der Waals surface area (Å²) in [5, 5.41) is 9.49. The molecule has 0 aromatic carbocycles. The minimum absolute atomic E-state index is 0. The first-order chi connectivity index (χ1) is 15.1. The van der Waals surface area contributed by atoms with Gasteiger partial charge in [0.15, 0.2) is 5.82 Å². The number of nitrogens with one attached hydrogen (secondary N) is 3. The Bertz CT molecular complexity index is 1020. The molecule has 3 aliphatic carbocycles. The molecule has 31 heavy (non-hydrogen) atoms. The van der Waals surface area contributed by atoms with Crippen molar-refractivity contribution in [2.75, 3.05) is 17.2 Å². The van der Waals surface area contributed by atoms with Crippen molar-refractivity contribution in [1.82, 2.24) is 15.3 Å². The normalized spacial score (nSPS) is 19.9. The largest absolute Gasteiger partial charge is 0.352 e. The van der Waals surface area contributed by atoms with Crippen molar-refractivity contribution in [3.63, 3.8) is 0 Å². The summed E-state index contributed by atoms with van der Waals surface area (Å²) in [6.45, 7) is 0.663. The van der Waals surface area contributed by atoms with Gasteiger partial charge in [-0.05, 0) is 56.4 Å². The Balaban J connectivity index is 0.00000245. The van der Waals surface area contributed by atoms with Crippen molar-refractivity contribution in [2.45, 2.75) is 44.9 Å². The molecule has 0 bridgehead atoms. The van der Waals surface area contributed by atoms with Gasteiger partial charge in [-0.25, -0.2) is 4.98 Å². The smallest absolute Gasteiger partial charge is 0.254 e. The van der Waals surface area contributed by atoms with Crippen LogP contribution in [-0.4, -0.2) is 34.2 Å². The fraction of sp³-hybridized carbons (Fsp3) is 0.500. The van der Waals surface area contributed by atoms with Gasteiger partial charge in [-0.15, -0.1) is 11.3 Å². The van der Waals surface area contributed by atoms with Crippen LogP contribution in [0.2, 0.25) is 0 Å². The van der Waals surface area contributed by atoms with E-state index in [1.54, 1.807) is 6.20 Å². The number of hydrogen-bond donors (Lipinski definition) is 3. The van der Waals surface area contributed by atoms with Gasteiger partial charge in [0, 0.05) is 37.1 Å². The maximum absolute atomic E-state index is 13.1. The minimum atomic E-state index is -0.258. The lowest BCUT2D eigenvalue weighted by Gasteiger charge is -2.22. The third-order valence-corrected chi connectivity index (χ3v) is 7.31. The van der Waals surface area contributed by atoms with Gasteiger partial charge in [0.1, 0.15) is 5.00 Å². The molecule has 3 amide bonds. The Labute approximate surface area is 185 Å². The van der Waals surface area contributed by atoms with Crippen molar-refractivity contribution in [3.8, 4) is 0 Å². The molecule has 2 heterocycles. The lowest BCUT2D eigenvalue weighted by molar-refractivity contribution is -0.120. The molecule has 1 atom stereocenters. The molecule has 8 nitrogen and oxygen atoms in total. The van der Waals surface area contributed by atoms with Crippen LogP contribution in [0.4, 0.5) is 10.8 Å². The number of anilines is 2. The Morgan fingerprint density at radius 2 is 1.84 bits per heavy atom. The number of nitrogens with zero attached hydrogens (tertiary/aromatic N) is 2. The molecule has 1 unspecified atom stereocenters. The number of fused-ring (bicyclic) bond motifs is 1. The maximum Gasteiger partial charge on any atom is 0.254 e. The number of hydrogen-bond acceptors (Lipinski definition) is 6. The van der Waals surface area contributed by atoms with Crippen LogP contribution in [0.25, 0.3) is 0 Å². The van der Waals surface area contributed by atoms with E-state index in [2.05, 4.69) is 25.9 Å². The minimum Gasteiger partial charge on any atom is -0.352 e. The number of aromatic nitrogens is 2. The summed E-state index contributed by atoms with van der Waals surface area (Å²) in [6.07, 6.45) is 10.6. The summed E-state index contributed by atoms with van der Waals surface area (Å²) < 4.78 is 0. The Hall–Kier alpha value is -2.81. The molecule has 3 aliphatic rings. The Morgan fingerprint density at radius 3 is 2.55 bits per heavy atom. The van der Waals surface area contributed by atoms with E-state index in [-0.39, 0.29) is 31.0 Å². The highest BCUT2D eigenvalue weighted by Crippen LogP contribution is 2.41. The second-order valence-electron chi connectivity index (χ2n) is 8.64. The van der Waals surface area contributed by atoms with E-state index in [0.29, 0.717) is 48.1 Å². The highest BCUT2D eigenvalue weighted by molar-refractivity contribution is 7.17. The van der Waals surface area contributed by atoms with Crippen molar-refractivity contribution >= 4 is 39.9 Å². The van der Waals surface area contributed by atoms with E-state index in [4.69, 9.17) is 0 Å². The van der Waals surface area contributed by atoms with Gasteiger partial charge < -0.3 is 16.0 Å². The van der Waals surface area contributed by atoms with Crippen LogP contribution >= 0.6 is 11.3 Å². The third-order valence-electron chi connectivity index (χ3n) is 6.11. The van der Waals surface area contributed by atoms with E-state index in [9.17, 15) is 14.4 Å². The Morgan fingerprint density at radius 1 is 1.03 bits per heavy atom. The van der Waals surface area contributed by atoms with Gasteiger partial charge in [-0.3, -0.25) is 19.4 Å². The molecule has 9 heteroatoms. The zero-order chi connectivity index (χ0) is 21.4. The van der Waals surface area contributed by atoms with E-state index >= 15 is 0 Å². The number of amides is 3. The molecule has 2 fully saturated rings. The number of aryl methyl sites for hydroxylation is 1. The fourth-order valence-corrected chi connectivity index (χ4v) is 5.18. The fourth-order valence-electron chi connectivity index (χ4n) is 3.93. The number of carbonyl (C=O) groups is 3. The molecule has 0 aliphatic heterocycles. The van der Waals surface area contributed by atoms with E-state index in [0.717, 1.165) is 36.1 Å². The van der Waals surface area contributed by atoms with Gasteiger partial charge in [0.25, 0.3) is 5.91 Å². The molecule has 2 saturated carbocycles. The quantitative estimate of drug-likeness (QED) is 0.611. The van der Waals surface area contributed by atoms with Gasteiger partial charge in [-0.1, -0.05) is 0 Å². The molecule has 164 valence electrons. The van der Waals surface area contributed by atoms with E-state index in [1.807, 2.05) is 0 Å². The van der Waals surface area contributed by atoms with Crippen molar-refractivity contribution in [3.05, 3.63) is 34.6 Å². The molecular formula is C22H27N5O3S.